The molecule has 0 radical (unpaired) electrons. The molecule has 0 unspecified atom stereocenters. The quantitative estimate of drug-likeness (QED) is 0.626. The molecule has 0 saturated carbocycles. The van der Waals surface area contributed by atoms with Crippen molar-refractivity contribution in [2.75, 3.05) is 39.1 Å². The Morgan fingerprint density at radius 1 is 1.19 bits per heavy atom. The number of halogens is 3. The highest BCUT2D eigenvalue weighted by Gasteiger charge is 2.34. The van der Waals surface area contributed by atoms with Crippen molar-refractivity contribution in [2.45, 2.75) is 12.6 Å². The van der Waals surface area contributed by atoms with E-state index in [1.807, 2.05) is 30.9 Å². The van der Waals surface area contributed by atoms with Gasteiger partial charge in [-0.2, -0.15) is 13.2 Å². The average molecular weight is 302 g/mol. The van der Waals surface area contributed by atoms with E-state index >= 15 is 0 Å². The molecule has 1 aromatic carbocycles. The van der Waals surface area contributed by atoms with Crippen LogP contribution in [0.15, 0.2) is 18.2 Å². The monoisotopic (exact) mass is 302 g/mol. The number of nitrogens with zero attached hydrogens (tertiary/aromatic N) is 2. The molecule has 0 spiro atoms. The van der Waals surface area contributed by atoms with Gasteiger partial charge in [-0.15, -0.1) is 0 Å². The summed E-state index contributed by atoms with van der Waals surface area (Å²) in [5.74, 6) is -0.578. The van der Waals surface area contributed by atoms with Crippen LogP contribution in [0.5, 0.6) is 0 Å². The minimum absolute atomic E-state index is 0.278. The molecule has 0 heterocycles. The minimum Gasteiger partial charge on any atom is -0.384 e. The summed E-state index contributed by atoms with van der Waals surface area (Å²) in [6.07, 6.45) is -3.62. The predicted octanol–water partition coefficient (Wildman–Crippen LogP) is 2.38. The van der Waals surface area contributed by atoms with Gasteiger partial charge in [0.25, 0.3) is 0 Å². The number of anilines is 1. The first-order chi connectivity index (χ1) is 9.62. The molecule has 0 aliphatic rings. The third-order valence-corrected chi connectivity index (χ3v) is 3.14. The van der Waals surface area contributed by atoms with Crippen molar-refractivity contribution in [1.29, 1.82) is 5.41 Å². The molecule has 21 heavy (non-hydrogen) atoms. The fourth-order valence-electron chi connectivity index (χ4n) is 1.99. The summed E-state index contributed by atoms with van der Waals surface area (Å²) < 4.78 is 38.6. The van der Waals surface area contributed by atoms with Crippen molar-refractivity contribution in [3.63, 3.8) is 0 Å². The zero-order chi connectivity index (χ0) is 16.2. The summed E-state index contributed by atoms with van der Waals surface area (Å²) in [5, 5.41) is 7.34. The smallest absolute Gasteiger partial charge is 0.384 e. The maximum atomic E-state index is 12.9. The highest BCUT2D eigenvalue weighted by atomic mass is 19.4. The van der Waals surface area contributed by atoms with Crippen molar-refractivity contribution in [3.05, 3.63) is 29.3 Å². The first kappa shape index (κ1) is 17.3. The summed E-state index contributed by atoms with van der Waals surface area (Å²) in [5.41, 5.74) is 4.74. The van der Waals surface area contributed by atoms with Crippen LogP contribution < -0.4 is 10.6 Å². The van der Waals surface area contributed by atoms with Crippen molar-refractivity contribution in [1.82, 2.24) is 4.90 Å². The zero-order valence-corrected chi connectivity index (χ0v) is 12.5. The molecular formula is C14H21F3N4. The predicted molar refractivity (Wildman–Crippen MR) is 78.9 cm³/mol. The second-order valence-corrected chi connectivity index (χ2v) is 5.22. The van der Waals surface area contributed by atoms with Gasteiger partial charge < -0.3 is 15.5 Å². The van der Waals surface area contributed by atoms with Crippen LogP contribution in [0.1, 0.15) is 17.5 Å². The van der Waals surface area contributed by atoms with Crippen LogP contribution in [0.4, 0.5) is 18.9 Å². The zero-order valence-electron chi connectivity index (χ0n) is 12.5. The second-order valence-electron chi connectivity index (χ2n) is 5.22. The molecule has 0 aromatic heterocycles. The van der Waals surface area contributed by atoms with Gasteiger partial charge in [0.2, 0.25) is 0 Å². The number of nitrogens with one attached hydrogen (secondary N) is 1. The van der Waals surface area contributed by atoms with E-state index in [0.29, 0.717) is 12.2 Å². The van der Waals surface area contributed by atoms with E-state index in [2.05, 4.69) is 0 Å². The fraction of sp³-hybridized carbons (Fsp3) is 0.500. The molecule has 0 atom stereocenters. The number of benzene rings is 1. The molecule has 0 bridgehead atoms. The summed E-state index contributed by atoms with van der Waals surface area (Å²) in [4.78, 5) is 3.90. The lowest BCUT2D eigenvalue weighted by Crippen LogP contribution is -2.25. The molecule has 118 valence electrons. The van der Waals surface area contributed by atoms with E-state index in [1.54, 1.807) is 0 Å². The van der Waals surface area contributed by atoms with Crippen LogP contribution in [-0.2, 0) is 6.18 Å². The van der Waals surface area contributed by atoms with Crippen LogP contribution in [0.25, 0.3) is 0 Å². The molecule has 7 heteroatoms. The van der Waals surface area contributed by atoms with Crippen molar-refractivity contribution >= 4 is 11.5 Å². The number of nitrogen functional groups attached to an aromatic ring is 1. The Labute approximate surface area is 122 Å². The standard InChI is InChI=1S/C14H21F3N4/c1-20(2)7-4-8-21(3)10-5-6-12(14(15,16)17)11(9-10)13(18)19/h5-6,9H,4,7-8H2,1-3H3,(H3,18,19). The van der Waals surface area contributed by atoms with Gasteiger partial charge in [0, 0.05) is 24.8 Å². The van der Waals surface area contributed by atoms with Crippen LogP contribution in [0, 0.1) is 5.41 Å². The van der Waals surface area contributed by atoms with E-state index in [0.717, 1.165) is 19.0 Å². The molecule has 0 fully saturated rings. The molecule has 0 amide bonds. The van der Waals surface area contributed by atoms with Crippen LogP contribution in [0.3, 0.4) is 0 Å². The Bertz CT molecular complexity index is 497. The van der Waals surface area contributed by atoms with Gasteiger partial charge in [-0.3, -0.25) is 5.41 Å². The largest absolute Gasteiger partial charge is 0.417 e. The number of alkyl halides is 3. The van der Waals surface area contributed by atoms with Gasteiger partial charge in [0.05, 0.1) is 5.56 Å². The van der Waals surface area contributed by atoms with Gasteiger partial charge in [-0.1, -0.05) is 0 Å². The Kier molecular flexibility index (Phi) is 5.60. The second kappa shape index (κ2) is 6.80. The lowest BCUT2D eigenvalue weighted by molar-refractivity contribution is -0.137. The van der Waals surface area contributed by atoms with Crippen LogP contribution in [-0.4, -0.2) is 45.0 Å². The minimum atomic E-state index is -4.51. The Hall–Kier alpha value is -1.76. The number of rotatable bonds is 6. The van der Waals surface area contributed by atoms with Crippen molar-refractivity contribution in [3.8, 4) is 0 Å². The summed E-state index contributed by atoms with van der Waals surface area (Å²) >= 11 is 0. The molecule has 0 aliphatic heterocycles. The first-order valence-electron chi connectivity index (χ1n) is 6.54. The van der Waals surface area contributed by atoms with Gasteiger partial charge in [-0.25, -0.2) is 0 Å². The summed E-state index contributed by atoms with van der Waals surface area (Å²) in [6, 6.07) is 3.71. The Balaban J connectivity index is 2.95. The molecule has 1 rings (SSSR count). The van der Waals surface area contributed by atoms with Gasteiger partial charge in [-0.05, 0) is 45.3 Å². The highest BCUT2D eigenvalue weighted by molar-refractivity contribution is 5.97. The number of hydrogen-bond donors (Lipinski definition) is 2. The first-order valence-corrected chi connectivity index (χ1v) is 6.54. The maximum absolute atomic E-state index is 12.9. The average Bonchev–Trinajstić information content (AvgIpc) is 2.36. The molecule has 0 aliphatic carbocycles. The highest BCUT2D eigenvalue weighted by Crippen LogP contribution is 2.33. The molecule has 0 saturated heterocycles. The van der Waals surface area contributed by atoms with Gasteiger partial charge in [0.15, 0.2) is 0 Å². The third kappa shape index (κ3) is 4.93. The summed E-state index contributed by atoms with van der Waals surface area (Å²) in [6.45, 7) is 1.60. The van der Waals surface area contributed by atoms with Crippen molar-refractivity contribution < 1.29 is 13.2 Å². The normalized spacial score (nSPS) is 11.8. The third-order valence-electron chi connectivity index (χ3n) is 3.14. The molecule has 1 aromatic rings. The van der Waals surface area contributed by atoms with E-state index in [1.165, 1.54) is 12.1 Å². The van der Waals surface area contributed by atoms with Gasteiger partial charge >= 0.3 is 6.18 Å². The molecule has 3 N–H and O–H groups in total. The summed E-state index contributed by atoms with van der Waals surface area (Å²) in [7, 11) is 5.74. The molecular weight excluding hydrogens is 281 g/mol. The SMILES string of the molecule is CN(C)CCCN(C)c1ccc(C(F)(F)F)c(C(=N)N)c1. The van der Waals surface area contributed by atoms with E-state index in [4.69, 9.17) is 11.1 Å². The lowest BCUT2D eigenvalue weighted by Gasteiger charge is -2.22. The fourth-order valence-corrected chi connectivity index (χ4v) is 1.99. The number of nitrogens with two attached hydrogens (primary N) is 1. The maximum Gasteiger partial charge on any atom is 0.417 e. The van der Waals surface area contributed by atoms with Crippen LogP contribution >= 0.6 is 0 Å². The lowest BCUT2D eigenvalue weighted by atomic mass is 10.0. The topological polar surface area (TPSA) is 56.4 Å². The Morgan fingerprint density at radius 3 is 2.29 bits per heavy atom. The van der Waals surface area contributed by atoms with Crippen LogP contribution in [0.2, 0.25) is 0 Å². The van der Waals surface area contributed by atoms with E-state index in [-0.39, 0.29) is 5.56 Å². The van der Waals surface area contributed by atoms with E-state index < -0.39 is 17.6 Å². The Morgan fingerprint density at radius 2 is 1.81 bits per heavy atom. The number of amidine groups is 1. The van der Waals surface area contributed by atoms with Crippen molar-refractivity contribution in [2.24, 2.45) is 5.73 Å². The molecule has 4 nitrogen and oxygen atoms in total. The number of hydrogen-bond acceptors (Lipinski definition) is 3. The van der Waals surface area contributed by atoms with Gasteiger partial charge in [0.1, 0.15) is 5.84 Å². The van der Waals surface area contributed by atoms with E-state index in [9.17, 15) is 13.2 Å².